The third-order valence-electron chi connectivity index (χ3n) is 14.8. The number of rotatable bonds is 13. The van der Waals surface area contributed by atoms with Crippen molar-refractivity contribution in [3.05, 3.63) is 156 Å². The van der Waals surface area contributed by atoms with Crippen molar-refractivity contribution in [1.29, 1.82) is 0 Å². The third kappa shape index (κ3) is 18.9. The van der Waals surface area contributed by atoms with Gasteiger partial charge in [0.05, 0.1) is 54.6 Å². The van der Waals surface area contributed by atoms with Gasteiger partial charge in [0.15, 0.2) is 0 Å². The van der Waals surface area contributed by atoms with Crippen molar-refractivity contribution in [2.24, 2.45) is 10.8 Å². The fraction of sp³-hybridized carbons (Fsp3) is 0.485. The zero-order chi connectivity index (χ0) is 64.7. The lowest BCUT2D eigenvalue weighted by Crippen LogP contribution is -2.58. The number of halogens is 6. The number of hydrogen-bond acceptors (Lipinski definition) is 11. The Morgan fingerprint density at radius 2 is 1.09 bits per heavy atom. The van der Waals surface area contributed by atoms with Crippen molar-refractivity contribution < 1.29 is 56.1 Å². The first kappa shape index (κ1) is 68.6. The first-order valence-electron chi connectivity index (χ1n) is 29.3. The molecule has 9 rings (SSSR count). The van der Waals surface area contributed by atoms with Crippen molar-refractivity contribution in [2.45, 2.75) is 144 Å². The summed E-state index contributed by atoms with van der Waals surface area (Å²) in [6.07, 6.45) is 3.79. The molecule has 476 valence electrons. The van der Waals surface area contributed by atoms with Gasteiger partial charge in [0.25, 0.3) is 0 Å². The molecule has 0 radical (unpaired) electrons. The smallest absolute Gasteiger partial charge is 0.410 e. The van der Waals surface area contributed by atoms with E-state index in [4.69, 9.17) is 47.4 Å². The van der Waals surface area contributed by atoms with Crippen LogP contribution in [0.4, 0.5) is 27.2 Å². The molecule has 2 aromatic heterocycles. The molecule has 3 saturated heterocycles. The molecule has 3 aliphatic heterocycles. The van der Waals surface area contributed by atoms with Gasteiger partial charge in [-0.15, -0.1) is 11.6 Å². The number of β-amino-alcohol motifs (C(OH)–C–C–N with tert-alkyl or cyclic N) is 1. The van der Waals surface area contributed by atoms with Gasteiger partial charge in [-0.25, -0.2) is 37.1 Å². The summed E-state index contributed by atoms with van der Waals surface area (Å²) in [5, 5.41) is 14.4. The van der Waals surface area contributed by atoms with Crippen LogP contribution in [0.1, 0.15) is 131 Å². The van der Waals surface area contributed by atoms with E-state index in [2.05, 4.69) is 26.1 Å². The van der Waals surface area contributed by atoms with E-state index >= 15 is 0 Å². The van der Waals surface area contributed by atoms with Crippen molar-refractivity contribution in [1.82, 2.24) is 39.1 Å². The summed E-state index contributed by atoms with van der Waals surface area (Å²) < 4.78 is 77.5. The average Bonchev–Trinajstić information content (AvgIpc) is 1.53. The van der Waals surface area contributed by atoms with Gasteiger partial charge in [-0.2, -0.15) is 0 Å². The maximum Gasteiger partial charge on any atom is 0.410 e. The number of aliphatic hydroxyl groups is 1. The molecule has 4 atom stereocenters. The molecule has 3 amide bonds. The minimum absolute atomic E-state index is 0.0957. The molecule has 22 heteroatoms. The molecule has 0 aliphatic carbocycles. The molecule has 0 saturated carbocycles. The highest BCUT2D eigenvalue weighted by atomic mass is 35.5. The van der Waals surface area contributed by atoms with E-state index in [1.807, 2.05) is 101 Å². The second kappa shape index (κ2) is 27.9. The number of amides is 3. The number of morpholine rings is 1. The van der Waals surface area contributed by atoms with E-state index in [0.717, 1.165) is 11.1 Å². The zero-order valence-corrected chi connectivity index (χ0v) is 53.7. The van der Waals surface area contributed by atoms with Gasteiger partial charge < -0.3 is 48.5 Å². The van der Waals surface area contributed by atoms with Crippen molar-refractivity contribution in [3.8, 4) is 22.5 Å². The quantitative estimate of drug-likeness (QED) is 0.0640. The summed E-state index contributed by atoms with van der Waals surface area (Å²) >= 11 is 9.55. The largest absolute Gasteiger partial charge is 0.444 e. The lowest BCUT2D eigenvalue weighted by atomic mass is 9.83. The van der Waals surface area contributed by atoms with Crippen LogP contribution >= 0.6 is 23.2 Å². The zero-order valence-electron chi connectivity index (χ0n) is 52.2. The Morgan fingerprint density at radius 3 is 1.53 bits per heavy atom. The monoisotopic (exact) mass is 1260 g/mol. The molecule has 1 spiro atoms. The van der Waals surface area contributed by atoms with E-state index in [-0.39, 0.29) is 72.8 Å². The number of nitrogens with zero attached hydrogens (tertiary/aromatic N) is 7. The normalized spacial score (nSPS) is 18.8. The molecule has 5 heterocycles. The molecular formula is C66H82Cl2F4N8O8. The second-order valence-corrected chi connectivity index (χ2v) is 27.7. The topological polar surface area (TPSA) is 174 Å². The molecule has 16 nitrogen and oxygen atoms in total. The summed E-state index contributed by atoms with van der Waals surface area (Å²) in [6.45, 7) is 25.6. The Bertz CT molecular complexity index is 3430. The summed E-state index contributed by atoms with van der Waals surface area (Å²) in [4.78, 5) is 63.4. The van der Waals surface area contributed by atoms with E-state index in [0.29, 0.717) is 79.7 Å². The van der Waals surface area contributed by atoms with Crippen molar-refractivity contribution in [2.75, 3.05) is 51.8 Å². The predicted molar refractivity (Wildman–Crippen MR) is 330 cm³/mol. The van der Waals surface area contributed by atoms with Crippen LogP contribution in [0.15, 0.2) is 109 Å². The molecule has 0 bridgehead atoms. The minimum Gasteiger partial charge on any atom is -0.444 e. The van der Waals surface area contributed by atoms with Crippen molar-refractivity contribution in [3.63, 3.8) is 0 Å². The van der Waals surface area contributed by atoms with Crippen LogP contribution in [0.25, 0.3) is 22.5 Å². The second-order valence-electron chi connectivity index (χ2n) is 27.0. The molecule has 88 heavy (non-hydrogen) atoms. The molecule has 2 N–H and O–H groups in total. The van der Waals surface area contributed by atoms with Gasteiger partial charge in [0.2, 0.25) is 11.1 Å². The highest BCUT2D eigenvalue weighted by Crippen LogP contribution is 2.43. The van der Waals surface area contributed by atoms with Crippen LogP contribution in [0.3, 0.4) is 0 Å². The number of nitrogens with one attached hydrogen (secondary N) is 1. The van der Waals surface area contributed by atoms with Gasteiger partial charge in [0.1, 0.15) is 58.3 Å². The number of hydrogen-bond donors (Lipinski definition) is 2. The molecule has 3 aliphatic rings. The van der Waals surface area contributed by atoms with Crippen LogP contribution in [-0.4, -0.2) is 136 Å². The highest BCUT2D eigenvalue weighted by Gasteiger charge is 2.51. The van der Waals surface area contributed by atoms with Gasteiger partial charge in [0, 0.05) is 56.2 Å². The van der Waals surface area contributed by atoms with Crippen molar-refractivity contribution >= 4 is 46.5 Å². The standard InChI is InChI=1S/C33H40F2N4O4.C31H40F2N4O3.C2H2Cl2O/c1-31(2,3)28(39-21-33(42-19-27(39)40)13-14-37(20-33)30(41)43-32(4,5)6)29-36-26(23-10-8-12-25(35)16-23)18-38(29)17-22-9-7-11-24(34)15-22;1-29(2,3)26(34-19-31(39)13-14-36(20-31)28(38)40-30(4,5)6)27-35-25(22-10-8-12-24(33)16-22)18-37(27)17-21-9-7-11-23(32)15-21;3-1-2(4)5/h7-12,15-16,18,28H,13-14,17,19-21H2,1-6H3;7-12,15-16,18,26,34,39H,13-14,17,19-20H2,1-6H3;1H2/t28-,33?;26-,31?;/m00./s1. The lowest BCUT2D eigenvalue weighted by molar-refractivity contribution is -0.170. The first-order valence-corrected chi connectivity index (χ1v) is 30.2. The number of ether oxygens (including phenoxy) is 3. The summed E-state index contributed by atoms with van der Waals surface area (Å²) in [7, 11) is 0. The Morgan fingerprint density at radius 1 is 0.648 bits per heavy atom. The van der Waals surface area contributed by atoms with E-state index in [1.165, 1.54) is 53.4 Å². The third-order valence-corrected chi connectivity index (χ3v) is 15.3. The Labute approximate surface area is 523 Å². The lowest BCUT2D eigenvalue weighted by Gasteiger charge is -2.47. The number of aromatic nitrogens is 4. The van der Waals surface area contributed by atoms with Gasteiger partial charge >= 0.3 is 12.2 Å². The van der Waals surface area contributed by atoms with E-state index in [1.54, 1.807) is 41.3 Å². The number of imidazole rings is 2. The summed E-state index contributed by atoms with van der Waals surface area (Å²) in [6, 6.07) is 24.4. The SMILES string of the molecule is CC(C)(C)OC(=O)N1CCC(O)(CN[C@@H](c2nc(-c3cccc(F)c3)cn2Cc2cccc(F)c2)C(C)(C)C)C1.CC(C)(C)OC(=O)N1CCC2(C1)CN([C@@H](c1nc(-c3cccc(F)c3)cn1Cc1cccc(F)c1)C(C)(C)C)C(=O)CO2.O=C(Cl)CCl. The fourth-order valence-corrected chi connectivity index (χ4v) is 10.9. The van der Waals surface area contributed by atoms with E-state index < -0.39 is 51.3 Å². The first-order chi connectivity index (χ1) is 41.0. The molecule has 4 aromatic carbocycles. The Balaban J connectivity index is 0.000000234. The molecule has 6 aromatic rings. The molecule has 3 fully saturated rings. The maximum atomic E-state index is 14.2. The van der Waals surface area contributed by atoms with Crippen LogP contribution < -0.4 is 5.32 Å². The van der Waals surface area contributed by atoms with Gasteiger partial charge in [-0.3, -0.25) is 9.59 Å². The average molecular weight is 1260 g/mol. The Kier molecular flexibility index (Phi) is 21.8. The number of benzene rings is 4. The van der Waals surface area contributed by atoms with E-state index in [9.17, 15) is 41.8 Å². The van der Waals surface area contributed by atoms with Gasteiger partial charge in [-0.1, -0.05) is 90.1 Å². The van der Waals surface area contributed by atoms with Crippen LogP contribution in [0.2, 0.25) is 0 Å². The number of likely N-dealkylation sites (tertiary alicyclic amines) is 2. The minimum atomic E-state index is -1.15. The Hall–Kier alpha value is -6.84. The molecule has 2 unspecified atom stereocenters. The van der Waals surface area contributed by atoms with Crippen LogP contribution in [0.5, 0.6) is 0 Å². The predicted octanol–water partition coefficient (Wildman–Crippen LogP) is 13.1. The summed E-state index contributed by atoms with van der Waals surface area (Å²) in [5.74, 6) is -0.416. The molecular weight excluding hydrogens is 1180 g/mol. The highest BCUT2D eigenvalue weighted by molar-refractivity contribution is 6.67. The van der Waals surface area contributed by atoms with Gasteiger partial charge in [-0.05, 0) is 136 Å². The number of alkyl halides is 1. The number of carbonyl (C=O) groups excluding carboxylic acids is 4. The number of carbonyl (C=O) groups is 4. The maximum absolute atomic E-state index is 14.2. The summed E-state index contributed by atoms with van der Waals surface area (Å²) in [5.41, 5.74) is -0.106. The van der Waals surface area contributed by atoms with Crippen LogP contribution in [0, 0.1) is 34.1 Å². The fourth-order valence-electron chi connectivity index (χ4n) is 10.9. The van der Waals surface area contributed by atoms with Crippen LogP contribution in [-0.2, 0) is 36.9 Å².